The normalized spacial score (nSPS) is 12.4. The van der Waals surface area contributed by atoms with Gasteiger partial charge in [-0.2, -0.15) is 0 Å². The molecule has 0 saturated heterocycles. The van der Waals surface area contributed by atoms with E-state index in [1.807, 2.05) is 0 Å². The van der Waals surface area contributed by atoms with Crippen molar-refractivity contribution in [2.45, 2.75) is 103 Å². The zero-order valence-electron chi connectivity index (χ0n) is 16.9. The van der Waals surface area contributed by atoms with Gasteiger partial charge in [0.1, 0.15) is 6.10 Å². The average molecular weight is 357 g/mol. The molecule has 0 aliphatic carbocycles. The first-order chi connectivity index (χ1) is 12.3. The molecular weight excluding hydrogens is 312 g/mol. The van der Waals surface area contributed by atoms with Crippen LogP contribution >= 0.6 is 0 Å². The summed E-state index contributed by atoms with van der Waals surface area (Å²) in [4.78, 5) is 0. The van der Waals surface area contributed by atoms with Crippen LogP contribution in [0.25, 0.3) is 0 Å². The number of aliphatic hydroxyl groups is 1. The van der Waals surface area contributed by atoms with Crippen LogP contribution in [0.2, 0.25) is 0 Å². The van der Waals surface area contributed by atoms with Gasteiger partial charge < -0.3 is 14.6 Å². The van der Waals surface area contributed by atoms with E-state index in [1.54, 1.807) is 6.08 Å². The maximum Gasteiger partial charge on any atom is 0.101 e. The van der Waals surface area contributed by atoms with Crippen LogP contribution < -0.4 is 0 Å². The monoisotopic (exact) mass is 356 g/mol. The lowest BCUT2D eigenvalue weighted by Crippen LogP contribution is -2.22. The minimum absolute atomic E-state index is 0.324. The van der Waals surface area contributed by atoms with Crippen molar-refractivity contribution in [3.05, 3.63) is 12.7 Å². The minimum atomic E-state index is -0.522. The first kappa shape index (κ1) is 24.6. The quantitative estimate of drug-likeness (QED) is 0.201. The maximum absolute atomic E-state index is 9.61. The summed E-state index contributed by atoms with van der Waals surface area (Å²) in [6, 6.07) is 0. The average Bonchev–Trinajstić information content (AvgIpc) is 2.61. The van der Waals surface area contributed by atoms with Gasteiger partial charge in [-0.05, 0) is 6.42 Å². The van der Waals surface area contributed by atoms with Crippen molar-refractivity contribution in [1.29, 1.82) is 0 Å². The second kappa shape index (κ2) is 21.7. The van der Waals surface area contributed by atoms with Crippen LogP contribution in [0.5, 0.6) is 0 Å². The molecule has 0 aromatic heterocycles. The topological polar surface area (TPSA) is 38.7 Å². The van der Waals surface area contributed by atoms with Crippen molar-refractivity contribution < 1.29 is 14.6 Å². The van der Waals surface area contributed by atoms with Crippen LogP contribution in [-0.4, -0.2) is 37.6 Å². The summed E-state index contributed by atoms with van der Waals surface area (Å²) in [5, 5.41) is 9.61. The predicted octanol–water partition coefficient (Wildman–Crippen LogP) is 6.05. The van der Waals surface area contributed by atoms with Gasteiger partial charge in [0.05, 0.1) is 19.8 Å². The fourth-order valence-corrected chi connectivity index (χ4v) is 2.95. The van der Waals surface area contributed by atoms with Crippen LogP contribution in [0.3, 0.4) is 0 Å². The Morgan fingerprint density at radius 2 is 1.16 bits per heavy atom. The SMILES string of the molecule is C=CCOCC(O)COCCCCCCCCCCCCCCCC. The summed E-state index contributed by atoms with van der Waals surface area (Å²) in [7, 11) is 0. The fraction of sp³-hybridized carbons (Fsp3) is 0.909. The van der Waals surface area contributed by atoms with Gasteiger partial charge in [-0.3, -0.25) is 0 Å². The van der Waals surface area contributed by atoms with Crippen LogP contribution in [0.15, 0.2) is 12.7 Å². The number of hydrogen-bond acceptors (Lipinski definition) is 3. The number of ether oxygens (including phenoxy) is 2. The summed E-state index contributed by atoms with van der Waals surface area (Å²) in [6.07, 6.45) is 20.3. The molecule has 1 N–H and O–H groups in total. The van der Waals surface area contributed by atoms with Crippen molar-refractivity contribution in [1.82, 2.24) is 0 Å². The molecule has 1 unspecified atom stereocenters. The lowest BCUT2D eigenvalue weighted by molar-refractivity contribution is -0.0137. The molecule has 0 aromatic rings. The van der Waals surface area contributed by atoms with E-state index in [0.29, 0.717) is 19.8 Å². The molecule has 0 amide bonds. The van der Waals surface area contributed by atoms with Gasteiger partial charge in [-0.25, -0.2) is 0 Å². The summed E-state index contributed by atoms with van der Waals surface area (Å²) in [5.74, 6) is 0. The Morgan fingerprint density at radius 3 is 1.64 bits per heavy atom. The van der Waals surface area contributed by atoms with Crippen molar-refractivity contribution in [2.75, 3.05) is 26.4 Å². The first-order valence-electron chi connectivity index (χ1n) is 10.8. The summed E-state index contributed by atoms with van der Waals surface area (Å²) < 4.78 is 10.7. The van der Waals surface area contributed by atoms with Gasteiger partial charge in [-0.15, -0.1) is 6.58 Å². The highest BCUT2D eigenvalue weighted by atomic mass is 16.5. The van der Waals surface area contributed by atoms with E-state index >= 15 is 0 Å². The molecule has 1 atom stereocenters. The van der Waals surface area contributed by atoms with Crippen LogP contribution in [0.4, 0.5) is 0 Å². The molecule has 3 heteroatoms. The molecule has 0 spiro atoms. The van der Waals surface area contributed by atoms with E-state index in [2.05, 4.69) is 13.5 Å². The lowest BCUT2D eigenvalue weighted by Gasteiger charge is -2.11. The molecule has 0 aliphatic heterocycles. The van der Waals surface area contributed by atoms with Gasteiger partial charge in [0.15, 0.2) is 0 Å². The van der Waals surface area contributed by atoms with Crippen molar-refractivity contribution in [3.63, 3.8) is 0 Å². The van der Waals surface area contributed by atoms with Gasteiger partial charge in [0.25, 0.3) is 0 Å². The van der Waals surface area contributed by atoms with Gasteiger partial charge in [0.2, 0.25) is 0 Å². The molecular formula is C22H44O3. The van der Waals surface area contributed by atoms with E-state index in [1.165, 1.54) is 83.5 Å². The Labute approximate surface area is 157 Å². The Morgan fingerprint density at radius 1 is 0.720 bits per heavy atom. The molecule has 25 heavy (non-hydrogen) atoms. The lowest BCUT2D eigenvalue weighted by atomic mass is 10.0. The van der Waals surface area contributed by atoms with Crippen molar-refractivity contribution in [2.24, 2.45) is 0 Å². The highest BCUT2D eigenvalue weighted by Crippen LogP contribution is 2.12. The fourth-order valence-electron chi connectivity index (χ4n) is 2.95. The van der Waals surface area contributed by atoms with Gasteiger partial charge in [-0.1, -0.05) is 96.5 Å². The first-order valence-corrected chi connectivity index (χ1v) is 10.8. The molecule has 0 aromatic carbocycles. The van der Waals surface area contributed by atoms with E-state index in [-0.39, 0.29) is 0 Å². The smallest absolute Gasteiger partial charge is 0.101 e. The molecule has 3 nitrogen and oxygen atoms in total. The van der Waals surface area contributed by atoms with Crippen LogP contribution in [0, 0.1) is 0 Å². The highest BCUT2D eigenvalue weighted by Gasteiger charge is 2.03. The number of hydrogen-bond donors (Lipinski definition) is 1. The Bertz CT molecular complexity index is 256. The van der Waals surface area contributed by atoms with Crippen LogP contribution in [0.1, 0.15) is 96.8 Å². The standard InChI is InChI=1S/C22H44O3/c1-3-5-6-7-8-9-10-11-12-13-14-15-16-17-19-25-21-22(23)20-24-18-4-2/h4,22-23H,2-3,5-21H2,1H3. The Hall–Kier alpha value is -0.380. The van der Waals surface area contributed by atoms with Crippen LogP contribution in [-0.2, 0) is 9.47 Å². The number of unbranched alkanes of at least 4 members (excludes halogenated alkanes) is 13. The third-order valence-electron chi connectivity index (χ3n) is 4.50. The summed E-state index contributed by atoms with van der Waals surface area (Å²) >= 11 is 0. The van der Waals surface area contributed by atoms with Gasteiger partial charge in [0, 0.05) is 6.61 Å². The molecule has 0 bridgehead atoms. The van der Waals surface area contributed by atoms with E-state index in [0.717, 1.165) is 13.0 Å². The zero-order chi connectivity index (χ0) is 18.4. The molecule has 0 radical (unpaired) electrons. The summed E-state index contributed by atoms with van der Waals surface area (Å²) in [6.45, 7) is 7.77. The Balaban J connectivity index is 3.06. The zero-order valence-corrected chi connectivity index (χ0v) is 16.9. The van der Waals surface area contributed by atoms with Crippen molar-refractivity contribution in [3.8, 4) is 0 Å². The third-order valence-corrected chi connectivity index (χ3v) is 4.50. The molecule has 0 heterocycles. The van der Waals surface area contributed by atoms with E-state index in [4.69, 9.17) is 9.47 Å². The Kier molecular flexibility index (Phi) is 21.3. The largest absolute Gasteiger partial charge is 0.388 e. The van der Waals surface area contributed by atoms with Gasteiger partial charge >= 0.3 is 0 Å². The molecule has 0 rings (SSSR count). The summed E-state index contributed by atoms with van der Waals surface area (Å²) in [5.41, 5.74) is 0. The second-order valence-electron chi connectivity index (χ2n) is 7.15. The van der Waals surface area contributed by atoms with Crippen molar-refractivity contribution >= 4 is 0 Å². The molecule has 150 valence electrons. The predicted molar refractivity (Wildman–Crippen MR) is 108 cm³/mol. The number of rotatable bonds is 21. The maximum atomic E-state index is 9.61. The molecule has 0 fully saturated rings. The highest BCUT2D eigenvalue weighted by molar-refractivity contribution is 4.64. The minimum Gasteiger partial charge on any atom is -0.388 e. The number of aliphatic hydroxyl groups excluding tert-OH is 1. The van der Waals surface area contributed by atoms with E-state index in [9.17, 15) is 5.11 Å². The third kappa shape index (κ3) is 21.6. The van der Waals surface area contributed by atoms with E-state index < -0.39 is 6.10 Å². The second-order valence-corrected chi connectivity index (χ2v) is 7.15. The molecule has 0 saturated carbocycles. The molecule has 0 aliphatic rings.